The summed E-state index contributed by atoms with van der Waals surface area (Å²) in [6.45, 7) is 2.02. The predicted molar refractivity (Wildman–Crippen MR) is 36.9 cm³/mol. The van der Waals surface area contributed by atoms with Crippen molar-refractivity contribution in [2.45, 2.75) is 6.92 Å². The van der Waals surface area contributed by atoms with Crippen molar-refractivity contribution < 1.29 is 14.9 Å². The molecule has 0 aliphatic heterocycles. The van der Waals surface area contributed by atoms with Gasteiger partial charge in [0.1, 0.15) is 5.70 Å². The van der Waals surface area contributed by atoms with E-state index in [1.54, 1.807) is 6.92 Å². The summed E-state index contributed by atoms with van der Waals surface area (Å²) >= 11 is 0. The number of esters is 1. The number of rotatable bonds is 3. The Balaban J connectivity index is 3.93. The van der Waals surface area contributed by atoms with Crippen molar-refractivity contribution in [3.63, 3.8) is 0 Å². The van der Waals surface area contributed by atoms with E-state index in [9.17, 15) is 4.79 Å². The molecule has 0 aromatic rings. The summed E-state index contributed by atoms with van der Waals surface area (Å²) in [4.78, 5) is 10.6. The van der Waals surface area contributed by atoms with Crippen LogP contribution in [0.4, 0.5) is 0 Å². The minimum atomic E-state index is -0.538. The topological polar surface area (TPSA) is 77.9 Å². The molecule has 4 N–H and O–H groups in total. The molecule has 0 saturated heterocycles. The molecule has 0 amide bonds. The lowest BCUT2D eigenvalue weighted by molar-refractivity contribution is -0.138. The molecule has 0 spiro atoms. The summed E-state index contributed by atoms with van der Waals surface area (Å²) in [6, 6.07) is 0. The quantitative estimate of drug-likeness (QED) is 0.278. The van der Waals surface area contributed by atoms with Gasteiger partial charge in [0.15, 0.2) is 6.21 Å². The summed E-state index contributed by atoms with van der Waals surface area (Å²) in [5.41, 5.74) is 5.21. The van der Waals surface area contributed by atoms with Crippen LogP contribution in [0.5, 0.6) is 0 Å². The molecule has 4 nitrogen and oxygen atoms in total. The fourth-order valence-corrected chi connectivity index (χ4v) is 0.386. The third-order valence-corrected chi connectivity index (χ3v) is 0.787. The van der Waals surface area contributed by atoms with E-state index in [-0.39, 0.29) is 5.70 Å². The van der Waals surface area contributed by atoms with Gasteiger partial charge in [-0.3, -0.25) is 5.41 Å². The van der Waals surface area contributed by atoms with Crippen LogP contribution >= 0.6 is 0 Å². The highest BCUT2D eigenvalue weighted by Gasteiger charge is 2.03. The molecule has 0 radical (unpaired) electrons. The van der Waals surface area contributed by atoms with Crippen LogP contribution in [0, 0.1) is 0 Å². The van der Waals surface area contributed by atoms with Gasteiger partial charge in [-0.15, -0.1) is 0 Å². The lowest BCUT2D eigenvalue weighted by atomic mass is 10.4. The molecule has 0 aliphatic carbocycles. The third kappa shape index (κ3) is 2.86. The van der Waals surface area contributed by atoms with Crippen molar-refractivity contribution in [2.75, 3.05) is 6.61 Å². The zero-order valence-electron chi connectivity index (χ0n) is 5.83. The maximum atomic E-state index is 10.6. The van der Waals surface area contributed by atoms with Crippen LogP contribution in [0.2, 0.25) is 0 Å². The third-order valence-electron chi connectivity index (χ3n) is 0.787. The van der Waals surface area contributed by atoms with Crippen LogP contribution in [0.3, 0.4) is 0 Å². The first-order chi connectivity index (χ1) is 4.72. The van der Waals surface area contributed by atoms with E-state index in [0.29, 0.717) is 6.61 Å². The van der Waals surface area contributed by atoms with E-state index in [2.05, 4.69) is 4.74 Å². The van der Waals surface area contributed by atoms with Gasteiger partial charge in [0.05, 0.1) is 6.61 Å². The molecule has 0 saturated carbocycles. The number of nitrogens with two attached hydrogens (primary N) is 2. The molecule has 4 heteroatoms. The van der Waals surface area contributed by atoms with Gasteiger partial charge in [-0.25, -0.2) is 4.79 Å². The van der Waals surface area contributed by atoms with Gasteiger partial charge < -0.3 is 10.5 Å². The molecule has 0 bridgehead atoms. The summed E-state index contributed by atoms with van der Waals surface area (Å²) in [5, 5.41) is 4.97. The van der Waals surface area contributed by atoms with E-state index in [1.165, 1.54) is 12.3 Å². The van der Waals surface area contributed by atoms with Crippen LogP contribution in [-0.4, -0.2) is 18.8 Å². The van der Waals surface area contributed by atoms with E-state index in [0.717, 1.165) is 0 Å². The van der Waals surface area contributed by atoms with Gasteiger partial charge in [-0.2, -0.15) is 0 Å². The number of ether oxygens (including phenoxy) is 1. The summed E-state index contributed by atoms with van der Waals surface area (Å²) in [7, 11) is 0. The minimum Gasteiger partial charge on any atom is -0.461 e. The summed E-state index contributed by atoms with van der Waals surface area (Å²) < 4.78 is 4.55. The molecule has 0 fully saturated rings. The first-order valence-electron chi connectivity index (χ1n) is 2.90. The SMILES string of the molecule is CCOC(=O)C(N)=CC=[NH2+]. The first kappa shape index (κ1) is 8.68. The van der Waals surface area contributed by atoms with Crippen molar-refractivity contribution >= 4 is 12.2 Å². The number of carbonyl (C=O) groups is 1. The highest BCUT2D eigenvalue weighted by molar-refractivity contribution is 5.91. The Kier molecular flexibility index (Phi) is 3.95. The van der Waals surface area contributed by atoms with Crippen molar-refractivity contribution in [1.29, 1.82) is 0 Å². The maximum absolute atomic E-state index is 10.6. The highest BCUT2D eigenvalue weighted by atomic mass is 16.5. The van der Waals surface area contributed by atoms with Crippen LogP contribution in [-0.2, 0) is 9.53 Å². The molecule has 0 aliphatic rings. The standard InChI is InChI=1S/C6H10N2O2/c1-2-10-6(9)5(8)3-4-7/h3-4,7H,2,8H2,1H3/p+1. The van der Waals surface area contributed by atoms with Crippen LogP contribution in [0.15, 0.2) is 11.8 Å². The monoisotopic (exact) mass is 143 g/mol. The molecule has 56 valence electrons. The molecular weight excluding hydrogens is 132 g/mol. The van der Waals surface area contributed by atoms with Crippen molar-refractivity contribution in [2.24, 2.45) is 5.73 Å². The van der Waals surface area contributed by atoms with Crippen LogP contribution < -0.4 is 11.1 Å². The average molecular weight is 143 g/mol. The fourth-order valence-electron chi connectivity index (χ4n) is 0.386. The van der Waals surface area contributed by atoms with E-state index in [4.69, 9.17) is 11.1 Å². The molecule has 0 rings (SSSR count). The van der Waals surface area contributed by atoms with Crippen molar-refractivity contribution in [1.82, 2.24) is 0 Å². The van der Waals surface area contributed by atoms with Crippen LogP contribution in [0.1, 0.15) is 6.92 Å². The number of carbonyl (C=O) groups excluding carboxylic acids is 1. The Morgan fingerprint density at radius 2 is 2.40 bits per heavy atom. The molecular formula is C6H11N2O2+. The van der Waals surface area contributed by atoms with Crippen LogP contribution in [0.25, 0.3) is 0 Å². The van der Waals surface area contributed by atoms with Gasteiger partial charge >= 0.3 is 5.97 Å². The maximum Gasteiger partial charge on any atom is 0.354 e. The Bertz CT molecular complexity index is 163. The van der Waals surface area contributed by atoms with Crippen molar-refractivity contribution in [3.8, 4) is 0 Å². The number of allylic oxidation sites excluding steroid dienone is 1. The van der Waals surface area contributed by atoms with Gasteiger partial charge in [-0.05, 0) is 6.92 Å². The van der Waals surface area contributed by atoms with E-state index in [1.807, 2.05) is 0 Å². The lowest BCUT2D eigenvalue weighted by Gasteiger charge is -1.97. The van der Waals surface area contributed by atoms with Gasteiger partial charge in [0.25, 0.3) is 0 Å². The minimum absolute atomic E-state index is 0.0179. The first-order valence-corrected chi connectivity index (χ1v) is 2.90. The lowest BCUT2D eigenvalue weighted by Crippen LogP contribution is -2.29. The van der Waals surface area contributed by atoms with Gasteiger partial charge in [0, 0.05) is 6.08 Å². The van der Waals surface area contributed by atoms with Gasteiger partial charge in [0.2, 0.25) is 0 Å². The molecule has 0 unspecified atom stereocenters. The predicted octanol–water partition coefficient (Wildman–Crippen LogP) is -1.78. The average Bonchev–Trinajstić information content (AvgIpc) is 1.89. The second-order valence-electron chi connectivity index (χ2n) is 1.53. The highest BCUT2D eigenvalue weighted by Crippen LogP contribution is 1.86. The molecule has 0 heterocycles. The number of hydrogen-bond donors (Lipinski definition) is 2. The Labute approximate surface area is 59.2 Å². The molecule has 0 aromatic carbocycles. The zero-order valence-corrected chi connectivity index (χ0v) is 5.83. The van der Waals surface area contributed by atoms with Gasteiger partial charge in [-0.1, -0.05) is 0 Å². The largest absolute Gasteiger partial charge is 0.461 e. The Hall–Kier alpha value is -1.32. The van der Waals surface area contributed by atoms with E-state index >= 15 is 0 Å². The Morgan fingerprint density at radius 3 is 2.80 bits per heavy atom. The second kappa shape index (κ2) is 4.55. The second-order valence-corrected chi connectivity index (χ2v) is 1.53. The summed E-state index contributed by atoms with van der Waals surface area (Å²) in [5.74, 6) is -0.538. The zero-order chi connectivity index (χ0) is 7.98. The van der Waals surface area contributed by atoms with E-state index < -0.39 is 5.97 Å². The summed E-state index contributed by atoms with van der Waals surface area (Å²) in [6.07, 6.45) is 2.48. The van der Waals surface area contributed by atoms with Crippen molar-refractivity contribution in [3.05, 3.63) is 11.8 Å². The molecule has 0 aromatic heterocycles. The molecule has 0 atom stereocenters. The normalized spacial score (nSPS) is 10.7. The number of hydrogen-bond acceptors (Lipinski definition) is 3. The Morgan fingerprint density at radius 1 is 1.80 bits per heavy atom. The smallest absolute Gasteiger partial charge is 0.354 e. The fraction of sp³-hybridized carbons (Fsp3) is 0.333. The molecule has 10 heavy (non-hydrogen) atoms.